The maximum Gasteiger partial charge on any atom is 0.161 e. The molecule has 0 aromatic heterocycles. The number of aliphatic hydroxyl groups excluding tert-OH is 2. The van der Waals surface area contributed by atoms with E-state index in [1.165, 1.54) is 5.56 Å². The number of ether oxygens (including phenoxy) is 4. The summed E-state index contributed by atoms with van der Waals surface area (Å²) in [7, 11) is 1.85. The standard InChI is InChI=1S/C56H66N4O9/c1-32(2)26-55(3,65)29-58-30-60-48-9-5-6-21-66-47-24-36(23-35(51(47)64)8-7-20-61)54-56(48,67-31-57-4)27-44-43-25-42-38(33-10-16-45-34(22-33)18-19-59-45)13-14-39-46(63)17-15-40(49(39)42)50(43)53-41(52(44)69-54)12-11-37(28-62)68-53/h10,13-18,22-24,32,37-38,42,48,54,57-58,60-65H,6-8,11-12,19-21,25-31H2,1-4H3. The van der Waals surface area contributed by atoms with Gasteiger partial charge in [-0.25, -0.2) is 0 Å². The lowest BCUT2D eigenvalue weighted by Gasteiger charge is -2.50. The van der Waals surface area contributed by atoms with E-state index >= 15 is 0 Å². The normalized spacial score (nSPS) is 24.4. The summed E-state index contributed by atoms with van der Waals surface area (Å²) in [6, 6.07) is 13.5. The molecule has 0 fully saturated rings. The van der Waals surface area contributed by atoms with Gasteiger partial charge in [0.2, 0.25) is 0 Å². The van der Waals surface area contributed by atoms with Crippen molar-refractivity contribution in [3.63, 3.8) is 0 Å². The second kappa shape index (κ2) is 19.4. The Hall–Kier alpha value is -5.43. The number of nitrogens with zero attached hydrogens (tertiary/aromatic N) is 1. The molecule has 0 radical (unpaired) electrons. The third kappa shape index (κ3) is 8.79. The number of aromatic hydroxyl groups is 2. The molecule has 13 heteroatoms. The largest absolute Gasteiger partial charge is 0.507 e. The van der Waals surface area contributed by atoms with Crippen LogP contribution in [-0.4, -0.2) is 102 Å². The van der Waals surface area contributed by atoms with Crippen molar-refractivity contribution in [3.8, 4) is 51.7 Å². The Morgan fingerprint density at radius 2 is 1.90 bits per heavy atom. The van der Waals surface area contributed by atoms with Crippen LogP contribution in [0.3, 0.4) is 0 Å². The smallest absolute Gasteiger partial charge is 0.161 e. The molecule has 69 heavy (non-hydrogen) atoms. The first-order valence-corrected chi connectivity index (χ1v) is 24.8. The molecule has 4 aliphatic heterocycles. The lowest BCUT2D eigenvalue weighted by Crippen LogP contribution is -2.62. The lowest BCUT2D eigenvalue weighted by atomic mass is 9.64. The van der Waals surface area contributed by atoms with E-state index in [4.69, 9.17) is 18.9 Å². The number of hydrogen-bond donors (Lipinski definition) is 8. The second-order valence-electron chi connectivity index (χ2n) is 20.3. The molecular formula is C56H66N4O9. The average molecular weight is 939 g/mol. The number of rotatable bonds is 15. The Labute approximate surface area is 404 Å². The Morgan fingerprint density at radius 1 is 1.03 bits per heavy atom. The van der Waals surface area contributed by atoms with Crippen molar-refractivity contribution in [2.24, 2.45) is 10.9 Å². The number of hydrogen-bond acceptors (Lipinski definition) is 13. The van der Waals surface area contributed by atoms with Gasteiger partial charge in [-0.1, -0.05) is 56.0 Å². The highest BCUT2D eigenvalue weighted by Gasteiger charge is 2.55. The van der Waals surface area contributed by atoms with E-state index in [1.54, 1.807) is 6.07 Å². The molecule has 0 saturated heterocycles. The Kier molecular flexibility index (Phi) is 13.3. The maximum atomic E-state index is 11.6. The summed E-state index contributed by atoms with van der Waals surface area (Å²) in [5.74, 6) is 9.16. The molecule has 6 aliphatic rings. The molecule has 7 atom stereocenters. The fourth-order valence-corrected chi connectivity index (χ4v) is 12.0. The minimum Gasteiger partial charge on any atom is -0.507 e. The van der Waals surface area contributed by atoms with Gasteiger partial charge in [0, 0.05) is 60.8 Å². The van der Waals surface area contributed by atoms with Crippen LogP contribution < -0.4 is 40.7 Å². The SMILES string of the molecule is CNCOC12Cc3c4c(c5c(c3OC1c1cc(CCCO)c(O)c(c1)OCCC#CC2NCNCC(C)(O)CC(C)C)CCC(CO)O5)-c1ccc(O)c2c1C(C4)C(c1ccc3c(c1)=CCN=3)C=C2. The molecule has 0 amide bonds. The monoisotopic (exact) mass is 938 g/mol. The van der Waals surface area contributed by atoms with Gasteiger partial charge in [0.15, 0.2) is 17.6 Å². The molecule has 0 spiro atoms. The van der Waals surface area contributed by atoms with Crippen LogP contribution in [0.5, 0.6) is 28.7 Å². The average Bonchev–Trinajstić information content (AvgIpc) is 3.81. The molecule has 8 N–H and O–H groups in total. The summed E-state index contributed by atoms with van der Waals surface area (Å²) in [6.07, 6.45) is 9.19. The van der Waals surface area contributed by atoms with Crippen molar-refractivity contribution in [1.82, 2.24) is 16.0 Å². The number of fused-ring (bicyclic) bond motifs is 12. The molecule has 4 aromatic carbocycles. The molecule has 13 nitrogen and oxygen atoms in total. The zero-order valence-corrected chi connectivity index (χ0v) is 40.2. The summed E-state index contributed by atoms with van der Waals surface area (Å²) in [6.45, 7) is 7.58. The number of aryl methyl sites for hydroxylation is 1. The van der Waals surface area contributed by atoms with Crippen molar-refractivity contribution < 1.29 is 44.5 Å². The van der Waals surface area contributed by atoms with Crippen molar-refractivity contribution in [3.05, 3.63) is 104 Å². The van der Waals surface area contributed by atoms with Gasteiger partial charge in [-0.2, -0.15) is 0 Å². The van der Waals surface area contributed by atoms with Crippen LogP contribution in [0.4, 0.5) is 0 Å². The highest BCUT2D eigenvalue weighted by molar-refractivity contribution is 5.89. The predicted octanol–water partition coefficient (Wildman–Crippen LogP) is 4.94. The van der Waals surface area contributed by atoms with Gasteiger partial charge in [0.1, 0.15) is 35.0 Å². The van der Waals surface area contributed by atoms with Crippen LogP contribution in [0.15, 0.2) is 53.5 Å². The zero-order chi connectivity index (χ0) is 48.0. The van der Waals surface area contributed by atoms with Gasteiger partial charge in [-0.3, -0.25) is 15.6 Å². The number of benzene rings is 4. The van der Waals surface area contributed by atoms with Crippen molar-refractivity contribution >= 4 is 12.2 Å². The van der Waals surface area contributed by atoms with E-state index in [-0.39, 0.29) is 49.9 Å². The maximum absolute atomic E-state index is 11.6. The molecule has 4 heterocycles. The van der Waals surface area contributed by atoms with Gasteiger partial charge >= 0.3 is 0 Å². The van der Waals surface area contributed by atoms with Gasteiger partial charge in [0.05, 0.1) is 37.4 Å². The molecule has 2 bridgehead atoms. The highest BCUT2D eigenvalue weighted by atomic mass is 16.6. The fourth-order valence-electron chi connectivity index (χ4n) is 12.0. The number of nitrogens with one attached hydrogen (secondary N) is 3. The van der Waals surface area contributed by atoms with Crippen LogP contribution >= 0.6 is 0 Å². The first-order valence-electron chi connectivity index (χ1n) is 24.8. The summed E-state index contributed by atoms with van der Waals surface area (Å²) in [5.41, 5.74) is 7.13. The quantitative estimate of drug-likeness (QED) is 0.0457. The van der Waals surface area contributed by atoms with E-state index in [1.807, 2.05) is 32.2 Å². The fraction of sp³-hybridized carbons (Fsp3) is 0.482. The molecule has 4 aromatic rings. The van der Waals surface area contributed by atoms with Crippen molar-refractivity contribution in [1.29, 1.82) is 0 Å². The molecule has 10 rings (SSSR count). The second-order valence-corrected chi connectivity index (χ2v) is 20.3. The third-order valence-corrected chi connectivity index (χ3v) is 14.9. The van der Waals surface area contributed by atoms with Gasteiger partial charge < -0.3 is 49.8 Å². The van der Waals surface area contributed by atoms with Crippen molar-refractivity contribution in [2.45, 2.75) is 113 Å². The van der Waals surface area contributed by atoms with Crippen molar-refractivity contribution in [2.75, 3.05) is 53.4 Å². The Bertz CT molecular complexity index is 2850. The van der Waals surface area contributed by atoms with Crippen LogP contribution in [0, 0.1) is 17.8 Å². The minimum atomic E-state index is -1.23. The topological polar surface area (TPSA) is 187 Å². The lowest BCUT2D eigenvalue weighted by molar-refractivity contribution is -0.141. The first-order chi connectivity index (χ1) is 33.4. The Morgan fingerprint density at radius 3 is 2.71 bits per heavy atom. The van der Waals surface area contributed by atoms with E-state index in [0.717, 1.165) is 55.1 Å². The third-order valence-electron chi connectivity index (χ3n) is 14.9. The zero-order valence-electron chi connectivity index (χ0n) is 40.2. The molecule has 364 valence electrons. The van der Waals surface area contributed by atoms with Gasteiger partial charge in [-0.15, -0.1) is 0 Å². The van der Waals surface area contributed by atoms with E-state index in [9.17, 15) is 25.5 Å². The molecule has 7 unspecified atom stereocenters. The van der Waals surface area contributed by atoms with E-state index in [0.29, 0.717) is 99.9 Å². The predicted molar refractivity (Wildman–Crippen MR) is 264 cm³/mol. The van der Waals surface area contributed by atoms with Gasteiger partial charge in [-0.05, 0) is 133 Å². The summed E-state index contributed by atoms with van der Waals surface area (Å²) in [4.78, 5) is 4.67. The van der Waals surface area contributed by atoms with Crippen LogP contribution in [-0.2, 0) is 30.4 Å². The highest BCUT2D eigenvalue weighted by Crippen LogP contribution is 2.61. The molecular weight excluding hydrogens is 873 g/mol. The molecule has 0 saturated carbocycles. The van der Waals surface area contributed by atoms with Crippen LogP contribution in [0.1, 0.15) is 109 Å². The van der Waals surface area contributed by atoms with Gasteiger partial charge in [0.25, 0.3) is 0 Å². The minimum absolute atomic E-state index is 0.0235. The Balaban J connectivity index is 1.19. The summed E-state index contributed by atoms with van der Waals surface area (Å²) in [5, 5.41) is 67.6. The summed E-state index contributed by atoms with van der Waals surface area (Å²) < 4.78 is 28.1. The molecule has 2 aliphatic carbocycles. The van der Waals surface area contributed by atoms with Crippen LogP contribution in [0.25, 0.3) is 23.3 Å². The number of aliphatic hydroxyl groups is 3. The number of phenolic OH excluding ortho intramolecular Hbond substituents is 2. The first kappa shape index (κ1) is 47.3. The van der Waals surface area contributed by atoms with Crippen LogP contribution in [0.2, 0.25) is 0 Å². The van der Waals surface area contributed by atoms with E-state index < -0.39 is 29.5 Å². The number of phenols is 2. The van der Waals surface area contributed by atoms with E-state index in [2.05, 4.69) is 83.1 Å². The summed E-state index contributed by atoms with van der Waals surface area (Å²) >= 11 is 0. The number of allylic oxidation sites excluding steroid dienone is 1.